The summed E-state index contributed by atoms with van der Waals surface area (Å²) in [5.41, 5.74) is 10.5. The summed E-state index contributed by atoms with van der Waals surface area (Å²) in [5, 5.41) is 3.34. The smallest absolute Gasteiger partial charge is 0.231 e. The van der Waals surface area contributed by atoms with E-state index in [0.717, 1.165) is 17.1 Å². The van der Waals surface area contributed by atoms with E-state index in [1.165, 1.54) is 11.1 Å². The quantitative estimate of drug-likeness (QED) is 0.415. The number of anilines is 3. The van der Waals surface area contributed by atoms with Crippen molar-refractivity contribution in [2.45, 2.75) is 19.6 Å². The number of ether oxygens (including phenoxy) is 2. The minimum absolute atomic E-state index is 0.257. The van der Waals surface area contributed by atoms with E-state index >= 15 is 0 Å². The predicted molar refractivity (Wildman–Crippen MR) is 129 cm³/mol. The van der Waals surface area contributed by atoms with E-state index in [9.17, 15) is 0 Å². The van der Waals surface area contributed by atoms with Gasteiger partial charge in [-0.25, -0.2) is 9.97 Å². The monoisotopic (exact) mass is 439 g/mol. The second kappa shape index (κ2) is 9.48. The molecule has 0 amide bonds. The summed E-state index contributed by atoms with van der Waals surface area (Å²) in [4.78, 5) is 11.1. The van der Waals surface area contributed by atoms with Gasteiger partial charge in [0.2, 0.25) is 6.79 Å². The second-order valence-corrected chi connectivity index (χ2v) is 7.83. The minimum Gasteiger partial charge on any atom is -0.454 e. The van der Waals surface area contributed by atoms with Gasteiger partial charge in [0.15, 0.2) is 23.1 Å². The van der Waals surface area contributed by atoms with Crippen LogP contribution in [0, 0.1) is 0 Å². The Kier molecular flexibility index (Phi) is 5.93. The summed E-state index contributed by atoms with van der Waals surface area (Å²) in [6, 6.07) is 26.5. The summed E-state index contributed by atoms with van der Waals surface area (Å²) in [6.07, 6.45) is 1.55. The molecular weight excluding hydrogens is 414 g/mol. The first-order chi connectivity index (χ1) is 16.3. The Morgan fingerprint density at radius 2 is 1.45 bits per heavy atom. The third kappa shape index (κ3) is 4.82. The molecule has 0 spiro atoms. The van der Waals surface area contributed by atoms with E-state index < -0.39 is 0 Å². The molecule has 0 unspecified atom stereocenters. The Balaban J connectivity index is 1.38. The third-order valence-electron chi connectivity index (χ3n) is 5.49. The molecule has 3 aromatic carbocycles. The summed E-state index contributed by atoms with van der Waals surface area (Å²) in [6.45, 7) is 2.17. The molecule has 0 radical (unpaired) electrons. The Hall–Kier alpha value is -4.26. The molecule has 4 aromatic rings. The average Bonchev–Trinajstić information content (AvgIpc) is 3.32. The van der Waals surface area contributed by atoms with Crippen molar-refractivity contribution in [1.29, 1.82) is 0 Å². The molecule has 0 aliphatic carbocycles. The van der Waals surface area contributed by atoms with E-state index in [4.69, 9.17) is 15.2 Å². The Labute approximate surface area is 192 Å². The number of nitrogens with zero attached hydrogens (tertiary/aromatic N) is 3. The largest absolute Gasteiger partial charge is 0.454 e. The standard InChI is InChI=1S/C26H25N5O2/c27-24-25(28-14-21-11-12-22-23(13-21)33-18-32-22)29-17-30-26(24)31(15-19-7-3-1-4-8-19)16-20-9-5-2-6-10-20/h1-13,17H,14-16,18,27H2,(H,28,29,30). The molecule has 0 fully saturated rings. The summed E-state index contributed by atoms with van der Waals surface area (Å²) >= 11 is 0. The van der Waals surface area contributed by atoms with Crippen LogP contribution in [0.2, 0.25) is 0 Å². The van der Waals surface area contributed by atoms with Crippen LogP contribution in [-0.2, 0) is 19.6 Å². The van der Waals surface area contributed by atoms with Crippen LogP contribution in [0.5, 0.6) is 11.5 Å². The zero-order valence-electron chi connectivity index (χ0n) is 18.1. The molecule has 0 saturated carbocycles. The molecule has 0 saturated heterocycles. The fraction of sp³-hybridized carbons (Fsp3) is 0.154. The van der Waals surface area contributed by atoms with Crippen molar-refractivity contribution >= 4 is 17.3 Å². The lowest BCUT2D eigenvalue weighted by Gasteiger charge is -2.26. The number of hydrogen-bond donors (Lipinski definition) is 2. The SMILES string of the molecule is Nc1c(NCc2ccc3c(c2)OCO3)ncnc1N(Cc1ccccc1)Cc1ccccc1. The fourth-order valence-electron chi connectivity index (χ4n) is 3.83. The van der Waals surface area contributed by atoms with Crippen LogP contribution in [0.1, 0.15) is 16.7 Å². The molecule has 3 N–H and O–H groups in total. The number of hydrogen-bond acceptors (Lipinski definition) is 7. The third-order valence-corrected chi connectivity index (χ3v) is 5.49. The Morgan fingerprint density at radius 1 is 0.788 bits per heavy atom. The number of nitrogens with two attached hydrogens (primary N) is 1. The molecule has 7 heteroatoms. The summed E-state index contributed by atoms with van der Waals surface area (Å²) < 4.78 is 10.9. The zero-order chi connectivity index (χ0) is 22.5. The van der Waals surface area contributed by atoms with Gasteiger partial charge in [0.1, 0.15) is 12.0 Å². The van der Waals surface area contributed by atoms with Gasteiger partial charge in [-0.05, 0) is 28.8 Å². The van der Waals surface area contributed by atoms with E-state index in [0.29, 0.717) is 37.0 Å². The van der Waals surface area contributed by atoms with Crippen molar-refractivity contribution in [2.75, 3.05) is 22.7 Å². The molecule has 33 heavy (non-hydrogen) atoms. The number of nitrogen functional groups attached to an aromatic ring is 1. The van der Waals surface area contributed by atoms with Crippen molar-refractivity contribution < 1.29 is 9.47 Å². The van der Waals surface area contributed by atoms with Crippen LogP contribution in [0.25, 0.3) is 0 Å². The number of rotatable bonds is 8. The van der Waals surface area contributed by atoms with Gasteiger partial charge in [-0.1, -0.05) is 66.7 Å². The van der Waals surface area contributed by atoms with Crippen molar-refractivity contribution in [3.63, 3.8) is 0 Å². The molecule has 1 aliphatic heterocycles. The Bertz CT molecular complexity index is 1180. The van der Waals surface area contributed by atoms with Crippen molar-refractivity contribution in [1.82, 2.24) is 9.97 Å². The van der Waals surface area contributed by atoms with Gasteiger partial charge < -0.3 is 25.4 Å². The molecular formula is C26H25N5O2. The maximum Gasteiger partial charge on any atom is 0.231 e. The highest BCUT2D eigenvalue weighted by Gasteiger charge is 2.17. The van der Waals surface area contributed by atoms with Gasteiger partial charge in [0, 0.05) is 19.6 Å². The topological polar surface area (TPSA) is 85.5 Å². The van der Waals surface area contributed by atoms with Crippen LogP contribution in [-0.4, -0.2) is 16.8 Å². The molecule has 1 aromatic heterocycles. The number of nitrogens with one attached hydrogen (secondary N) is 1. The highest BCUT2D eigenvalue weighted by atomic mass is 16.7. The van der Waals surface area contributed by atoms with E-state index in [-0.39, 0.29) is 6.79 Å². The molecule has 1 aliphatic rings. The predicted octanol–water partition coefficient (Wildman–Crippen LogP) is 4.61. The fourth-order valence-corrected chi connectivity index (χ4v) is 3.83. The number of benzene rings is 3. The van der Waals surface area contributed by atoms with Gasteiger partial charge in [-0.15, -0.1) is 0 Å². The van der Waals surface area contributed by atoms with Gasteiger partial charge in [0.05, 0.1) is 0 Å². The highest BCUT2D eigenvalue weighted by Crippen LogP contribution is 2.33. The molecule has 166 valence electrons. The lowest BCUT2D eigenvalue weighted by molar-refractivity contribution is 0.174. The van der Waals surface area contributed by atoms with Crippen LogP contribution < -0.4 is 25.4 Å². The summed E-state index contributed by atoms with van der Waals surface area (Å²) in [5.74, 6) is 2.82. The highest BCUT2D eigenvalue weighted by molar-refractivity contribution is 5.75. The van der Waals surface area contributed by atoms with Gasteiger partial charge >= 0.3 is 0 Å². The summed E-state index contributed by atoms with van der Waals surface area (Å²) in [7, 11) is 0. The molecule has 2 heterocycles. The lowest BCUT2D eigenvalue weighted by Crippen LogP contribution is -2.25. The maximum absolute atomic E-state index is 6.57. The maximum atomic E-state index is 6.57. The van der Waals surface area contributed by atoms with E-state index in [2.05, 4.69) is 44.5 Å². The van der Waals surface area contributed by atoms with Crippen LogP contribution in [0.15, 0.2) is 85.2 Å². The first-order valence-electron chi connectivity index (χ1n) is 10.8. The average molecular weight is 440 g/mol. The van der Waals surface area contributed by atoms with Crippen LogP contribution in [0.4, 0.5) is 17.3 Å². The Morgan fingerprint density at radius 3 is 2.15 bits per heavy atom. The minimum atomic E-state index is 0.257. The first-order valence-corrected chi connectivity index (χ1v) is 10.8. The van der Waals surface area contributed by atoms with Crippen LogP contribution in [0.3, 0.4) is 0 Å². The van der Waals surface area contributed by atoms with Crippen molar-refractivity contribution in [3.05, 3.63) is 102 Å². The molecule has 0 bridgehead atoms. The van der Waals surface area contributed by atoms with E-state index in [1.54, 1.807) is 6.33 Å². The van der Waals surface area contributed by atoms with Gasteiger partial charge in [-0.2, -0.15) is 0 Å². The number of fused-ring (bicyclic) bond motifs is 1. The van der Waals surface area contributed by atoms with E-state index in [1.807, 2.05) is 54.6 Å². The first kappa shape index (κ1) is 20.6. The zero-order valence-corrected chi connectivity index (χ0v) is 18.1. The van der Waals surface area contributed by atoms with Crippen molar-refractivity contribution in [3.8, 4) is 11.5 Å². The molecule has 7 nitrogen and oxygen atoms in total. The van der Waals surface area contributed by atoms with Gasteiger partial charge in [0.25, 0.3) is 0 Å². The molecule has 0 atom stereocenters. The van der Waals surface area contributed by atoms with Crippen LogP contribution >= 0.6 is 0 Å². The normalized spacial score (nSPS) is 11.9. The van der Waals surface area contributed by atoms with Gasteiger partial charge in [-0.3, -0.25) is 0 Å². The number of aromatic nitrogens is 2. The molecule has 5 rings (SSSR count). The van der Waals surface area contributed by atoms with Crippen molar-refractivity contribution in [2.24, 2.45) is 0 Å². The second-order valence-electron chi connectivity index (χ2n) is 7.83. The lowest BCUT2D eigenvalue weighted by atomic mass is 10.1.